The molecule has 0 amide bonds. The van der Waals surface area contributed by atoms with Gasteiger partial charge in [0.15, 0.2) is 0 Å². The minimum absolute atomic E-state index is 0.0303. The molecule has 4 N–H and O–H groups in total. The normalized spacial score (nSPS) is 15.3. The molecule has 0 radical (unpaired) electrons. The lowest BCUT2D eigenvalue weighted by Crippen LogP contribution is -2.40. The van der Waals surface area contributed by atoms with Crippen molar-refractivity contribution in [2.24, 2.45) is 0 Å². The summed E-state index contributed by atoms with van der Waals surface area (Å²) < 4.78 is 26.4. The molecule has 0 aliphatic heterocycles. The van der Waals surface area contributed by atoms with E-state index in [1.807, 2.05) is 6.92 Å². The summed E-state index contributed by atoms with van der Waals surface area (Å²) in [6, 6.07) is 6.24. The summed E-state index contributed by atoms with van der Waals surface area (Å²) in [6.07, 6.45) is 1.31. The summed E-state index contributed by atoms with van der Waals surface area (Å²) in [5, 5.41) is 9.94. The molecule has 0 aliphatic rings. The molecule has 0 heterocycles. The average Bonchev–Trinajstić information content (AvgIpc) is 2.27. The molecule has 102 valence electrons. The zero-order chi connectivity index (χ0) is 13.8. The van der Waals surface area contributed by atoms with Gasteiger partial charge in [-0.25, -0.2) is 13.1 Å². The Bertz CT molecular complexity index is 498. The van der Waals surface area contributed by atoms with Crippen molar-refractivity contribution in [2.75, 3.05) is 12.3 Å². The molecule has 0 bridgehead atoms. The quantitative estimate of drug-likeness (QED) is 0.676. The minimum Gasteiger partial charge on any atom is -0.398 e. The van der Waals surface area contributed by atoms with Crippen LogP contribution >= 0.6 is 0 Å². The van der Waals surface area contributed by atoms with Crippen LogP contribution in [-0.4, -0.2) is 25.7 Å². The smallest absolute Gasteiger partial charge is 0.242 e. The van der Waals surface area contributed by atoms with E-state index in [-0.39, 0.29) is 17.1 Å². The maximum Gasteiger partial charge on any atom is 0.242 e. The van der Waals surface area contributed by atoms with Crippen molar-refractivity contribution in [3.05, 3.63) is 24.3 Å². The fraction of sp³-hybridized carbons (Fsp3) is 0.500. The van der Waals surface area contributed by atoms with Gasteiger partial charge in [-0.05, 0) is 25.5 Å². The number of nitrogen functional groups attached to an aromatic ring is 1. The van der Waals surface area contributed by atoms with E-state index in [1.54, 1.807) is 19.1 Å². The third kappa shape index (κ3) is 3.97. The highest BCUT2D eigenvalue weighted by Crippen LogP contribution is 2.18. The lowest BCUT2D eigenvalue weighted by molar-refractivity contribution is 0.0554. The molecule has 1 aromatic rings. The number of rotatable bonds is 6. The summed E-state index contributed by atoms with van der Waals surface area (Å²) in [5.74, 6) is 0. The van der Waals surface area contributed by atoms with E-state index in [0.717, 1.165) is 6.42 Å². The molecule has 1 aromatic carbocycles. The summed E-state index contributed by atoms with van der Waals surface area (Å²) in [5.41, 5.74) is 4.77. The van der Waals surface area contributed by atoms with Crippen LogP contribution in [0.15, 0.2) is 29.2 Å². The fourth-order valence-electron chi connectivity index (χ4n) is 1.68. The van der Waals surface area contributed by atoms with Gasteiger partial charge in [-0.2, -0.15) is 0 Å². The molecule has 0 fully saturated rings. The largest absolute Gasteiger partial charge is 0.398 e. The molecule has 0 aromatic heterocycles. The predicted molar refractivity (Wildman–Crippen MR) is 71.6 cm³/mol. The van der Waals surface area contributed by atoms with Crippen molar-refractivity contribution in [3.63, 3.8) is 0 Å². The predicted octanol–water partition coefficient (Wildman–Crippen LogP) is 1.10. The van der Waals surface area contributed by atoms with Gasteiger partial charge in [-0.1, -0.05) is 25.5 Å². The fourth-order valence-corrected chi connectivity index (χ4v) is 2.97. The Morgan fingerprint density at radius 3 is 2.56 bits per heavy atom. The molecular formula is C12H20N2O3S. The third-order valence-electron chi connectivity index (χ3n) is 2.64. The van der Waals surface area contributed by atoms with Crippen LogP contribution in [0.5, 0.6) is 0 Å². The molecule has 6 heteroatoms. The Morgan fingerprint density at radius 1 is 1.39 bits per heavy atom. The Morgan fingerprint density at radius 2 is 2.00 bits per heavy atom. The molecule has 0 saturated carbocycles. The standard InChI is InChI=1S/C12H20N2O3S/c1-3-8-12(2,15)9-14-18(16,17)11-7-5-4-6-10(11)13/h4-7,14-15H,3,8-9,13H2,1-2H3. The number of sulfonamides is 1. The molecule has 0 spiro atoms. The lowest BCUT2D eigenvalue weighted by Gasteiger charge is -2.23. The first-order valence-electron chi connectivity index (χ1n) is 5.85. The van der Waals surface area contributed by atoms with Crippen LogP contribution < -0.4 is 10.5 Å². The number of nitrogens with one attached hydrogen (secondary N) is 1. The van der Waals surface area contributed by atoms with Crippen LogP contribution in [0.1, 0.15) is 26.7 Å². The first-order chi connectivity index (χ1) is 8.28. The zero-order valence-electron chi connectivity index (χ0n) is 10.7. The highest BCUT2D eigenvalue weighted by molar-refractivity contribution is 7.89. The topological polar surface area (TPSA) is 92.4 Å². The molecule has 1 atom stereocenters. The lowest BCUT2D eigenvalue weighted by atomic mass is 10.0. The van der Waals surface area contributed by atoms with Crippen molar-refractivity contribution in [1.29, 1.82) is 0 Å². The SMILES string of the molecule is CCCC(C)(O)CNS(=O)(=O)c1ccccc1N. The van der Waals surface area contributed by atoms with Crippen LogP contribution in [0.2, 0.25) is 0 Å². The van der Waals surface area contributed by atoms with Crippen LogP contribution in [-0.2, 0) is 10.0 Å². The third-order valence-corrected chi connectivity index (χ3v) is 4.12. The molecular weight excluding hydrogens is 252 g/mol. The van der Waals surface area contributed by atoms with E-state index in [2.05, 4.69) is 4.72 Å². The van der Waals surface area contributed by atoms with Crippen LogP contribution in [0.4, 0.5) is 5.69 Å². The number of hydrogen-bond donors (Lipinski definition) is 3. The van der Waals surface area contributed by atoms with Crippen LogP contribution in [0.3, 0.4) is 0 Å². The summed E-state index contributed by atoms with van der Waals surface area (Å²) in [6.45, 7) is 3.50. The highest BCUT2D eigenvalue weighted by Gasteiger charge is 2.24. The first-order valence-corrected chi connectivity index (χ1v) is 7.33. The molecule has 18 heavy (non-hydrogen) atoms. The van der Waals surface area contributed by atoms with Crippen molar-refractivity contribution in [3.8, 4) is 0 Å². The summed E-state index contributed by atoms with van der Waals surface area (Å²) in [4.78, 5) is 0.0392. The van der Waals surface area contributed by atoms with Gasteiger partial charge in [0.1, 0.15) is 4.90 Å². The molecule has 0 aliphatic carbocycles. The van der Waals surface area contributed by atoms with Gasteiger partial charge in [0.05, 0.1) is 11.3 Å². The van der Waals surface area contributed by atoms with E-state index in [1.165, 1.54) is 12.1 Å². The second-order valence-electron chi connectivity index (χ2n) is 4.61. The van der Waals surface area contributed by atoms with E-state index in [0.29, 0.717) is 6.42 Å². The monoisotopic (exact) mass is 272 g/mol. The van der Waals surface area contributed by atoms with E-state index in [9.17, 15) is 13.5 Å². The first kappa shape index (κ1) is 14.9. The Balaban J connectivity index is 2.81. The van der Waals surface area contributed by atoms with E-state index in [4.69, 9.17) is 5.73 Å². The Kier molecular flexibility index (Phi) is 4.72. The zero-order valence-corrected chi connectivity index (χ0v) is 11.5. The van der Waals surface area contributed by atoms with Crippen molar-refractivity contribution in [1.82, 2.24) is 4.72 Å². The van der Waals surface area contributed by atoms with Gasteiger partial charge in [0.2, 0.25) is 10.0 Å². The van der Waals surface area contributed by atoms with Crippen molar-refractivity contribution in [2.45, 2.75) is 37.2 Å². The number of nitrogens with two attached hydrogens (primary N) is 1. The van der Waals surface area contributed by atoms with Crippen LogP contribution in [0, 0.1) is 0 Å². The molecule has 0 saturated heterocycles. The molecule has 1 unspecified atom stereocenters. The second-order valence-corrected chi connectivity index (χ2v) is 6.34. The summed E-state index contributed by atoms with van der Waals surface area (Å²) in [7, 11) is -3.68. The van der Waals surface area contributed by atoms with E-state index < -0.39 is 15.6 Å². The van der Waals surface area contributed by atoms with Crippen molar-refractivity contribution >= 4 is 15.7 Å². The molecule has 1 rings (SSSR count). The highest BCUT2D eigenvalue weighted by atomic mass is 32.2. The van der Waals surface area contributed by atoms with Gasteiger partial charge in [0, 0.05) is 6.54 Å². The number of aliphatic hydroxyl groups is 1. The Labute approximate surface area is 108 Å². The number of hydrogen-bond acceptors (Lipinski definition) is 4. The van der Waals surface area contributed by atoms with Crippen LogP contribution in [0.25, 0.3) is 0 Å². The van der Waals surface area contributed by atoms with E-state index >= 15 is 0 Å². The average molecular weight is 272 g/mol. The minimum atomic E-state index is -3.68. The van der Waals surface area contributed by atoms with Gasteiger partial charge in [0.25, 0.3) is 0 Å². The van der Waals surface area contributed by atoms with Crippen molar-refractivity contribution < 1.29 is 13.5 Å². The maximum absolute atomic E-state index is 12.0. The maximum atomic E-state index is 12.0. The number of para-hydroxylation sites is 1. The van der Waals surface area contributed by atoms with Gasteiger partial charge >= 0.3 is 0 Å². The summed E-state index contributed by atoms with van der Waals surface area (Å²) >= 11 is 0. The Hall–Kier alpha value is -1.11. The van der Waals surface area contributed by atoms with Gasteiger partial charge in [-0.15, -0.1) is 0 Å². The van der Waals surface area contributed by atoms with Gasteiger partial charge in [-0.3, -0.25) is 0 Å². The number of benzene rings is 1. The molecule has 5 nitrogen and oxygen atoms in total. The number of anilines is 1. The second kappa shape index (κ2) is 5.69. The van der Waals surface area contributed by atoms with Gasteiger partial charge < -0.3 is 10.8 Å².